The van der Waals surface area contributed by atoms with Gasteiger partial charge in [0.05, 0.1) is 12.8 Å². The van der Waals surface area contributed by atoms with E-state index in [0.717, 1.165) is 0 Å². The number of aliphatic hydroxyl groups is 1. The van der Waals surface area contributed by atoms with Crippen molar-refractivity contribution in [3.63, 3.8) is 0 Å². The summed E-state index contributed by atoms with van der Waals surface area (Å²) >= 11 is 0. The summed E-state index contributed by atoms with van der Waals surface area (Å²) in [5.74, 6) is -5.02. The summed E-state index contributed by atoms with van der Waals surface area (Å²) in [7, 11) is 0. The van der Waals surface area contributed by atoms with Crippen LogP contribution in [0.3, 0.4) is 0 Å². The normalized spacial score (nSPS) is 9.40. The number of rotatable bonds is 5. The first-order valence-electron chi connectivity index (χ1n) is 3.17. The van der Waals surface area contributed by atoms with Crippen LogP contribution in [0.25, 0.3) is 0 Å². The molecule has 4 N–H and O–H groups in total. The molecule has 0 heterocycles. The second-order valence-corrected chi connectivity index (χ2v) is 2.48. The quantitative estimate of drug-likeness (QED) is 0.398. The standard InChI is InChI=1S/C6H8O7.K.Na.2H/c7-3(8)1-6(13,5(11)12)2-4(9)10;;;;/h13H,1-2H2,(H,7,8)(H,9,10)(H,11,12);;;;. The van der Waals surface area contributed by atoms with Gasteiger partial charge in [0.15, 0.2) is 5.60 Å². The van der Waals surface area contributed by atoms with Crippen molar-refractivity contribution < 1.29 is 34.8 Å². The molecule has 0 amide bonds. The molecule has 0 aliphatic carbocycles. The molecule has 0 atom stereocenters. The number of aliphatic carboxylic acids is 3. The Hall–Kier alpha value is 1.01. The van der Waals surface area contributed by atoms with Crippen LogP contribution >= 0.6 is 0 Å². The first-order valence-corrected chi connectivity index (χ1v) is 3.17. The summed E-state index contributed by atoms with van der Waals surface area (Å²) < 4.78 is 0. The van der Waals surface area contributed by atoms with E-state index in [2.05, 4.69) is 0 Å². The molecule has 0 spiro atoms. The van der Waals surface area contributed by atoms with Crippen LogP contribution in [0, 0.1) is 0 Å². The molecule has 15 heavy (non-hydrogen) atoms. The monoisotopic (exact) mass is 256 g/mol. The first kappa shape index (κ1) is 21.3. The average Bonchev–Trinajstić information content (AvgIpc) is 1.82. The molecule has 78 valence electrons. The van der Waals surface area contributed by atoms with E-state index in [-0.39, 0.29) is 80.9 Å². The van der Waals surface area contributed by atoms with Crippen LogP contribution in [0.5, 0.6) is 0 Å². The van der Waals surface area contributed by atoms with E-state index in [1.165, 1.54) is 0 Å². The zero-order chi connectivity index (χ0) is 10.6. The maximum atomic E-state index is 10.3. The Morgan fingerprint density at radius 1 is 0.933 bits per heavy atom. The molecular weight excluding hydrogens is 246 g/mol. The van der Waals surface area contributed by atoms with Gasteiger partial charge >= 0.3 is 98.8 Å². The van der Waals surface area contributed by atoms with E-state index in [1.54, 1.807) is 0 Å². The van der Waals surface area contributed by atoms with Gasteiger partial charge < -0.3 is 20.4 Å². The molecule has 9 heteroatoms. The molecule has 0 aliphatic rings. The van der Waals surface area contributed by atoms with Crippen molar-refractivity contribution in [1.29, 1.82) is 0 Å². The molecule has 0 rings (SSSR count). The van der Waals surface area contributed by atoms with Crippen molar-refractivity contribution in [3.8, 4) is 0 Å². The molecule has 0 aliphatic heterocycles. The fraction of sp³-hybridized carbons (Fsp3) is 0.500. The number of carbonyl (C=O) groups is 3. The topological polar surface area (TPSA) is 132 Å². The molecule has 0 saturated carbocycles. The Kier molecular flexibility index (Phi) is 12.9. The summed E-state index contributed by atoms with van der Waals surface area (Å²) in [6.45, 7) is 0. The minimum absolute atomic E-state index is 0. The molecule has 0 aromatic heterocycles. The van der Waals surface area contributed by atoms with Crippen molar-refractivity contribution >= 4 is 98.8 Å². The Morgan fingerprint density at radius 3 is 1.33 bits per heavy atom. The Morgan fingerprint density at radius 2 is 1.20 bits per heavy atom. The molecule has 0 radical (unpaired) electrons. The number of hydrogen-bond donors (Lipinski definition) is 4. The van der Waals surface area contributed by atoms with Gasteiger partial charge in [-0.25, -0.2) is 4.79 Å². The molecule has 7 nitrogen and oxygen atoms in total. The van der Waals surface area contributed by atoms with Crippen LogP contribution < -0.4 is 0 Å². The number of carboxylic acid groups (broad SMARTS) is 3. The van der Waals surface area contributed by atoms with Crippen molar-refractivity contribution in [2.24, 2.45) is 0 Å². The minimum atomic E-state index is -2.74. The molecule has 0 aromatic rings. The number of hydrogen-bond acceptors (Lipinski definition) is 4. The van der Waals surface area contributed by atoms with Crippen LogP contribution in [0.15, 0.2) is 0 Å². The van der Waals surface area contributed by atoms with Crippen LogP contribution in [-0.2, 0) is 14.4 Å². The summed E-state index contributed by atoms with van der Waals surface area (Å²) in [6.07, 6.45) is -2.29. The molecule has 0 saturated heterocycles. The third kappa shape index (κ3) is 8.78. The van der Waals surface area contributed by atoms with Crippen molar-refractivity contribution in [2.75, 3.05) is 0 Å². The summed E-state index contributed by atoms with van der Waals surface area (Å²) in [6, 6.07) is 0. The van der Waals surface area contributed by atoms with Gasteiger partial charge in [-0.1, -0.05) is 0 Å². The SMILES string of the molecule is O=C(O)CC(O)(CC(=O)O)C(=O)O.[KH].[NaH]. The predicted molar refractivity (Wildman–Crippen MR) is 51.4 cm³/mol. The Bertz CT molecular complexity index is 238. The maximum absolute atomic E-state index is 10.3. The van der Waals surface area contributed by atoms with E-state index < -0.39 is 36.4 Å². The van der Waals surface area contributed by atoms with Crippen molar-refractivity contribution in [1.82, 2.24) is 0 Å². The molecule has 0 bridgehead atoms. The van der Waals surface area contributed by atoms with E-state index in [9.17, 15) is 14.4 Å². The van der Waals surface area contributed by atoms with E-state index in [1.807, 2.05) is 0 Å². The van der Waals surface area contributed by atoms with Gasteiger partial charge in [0, 0.05) is 0 Å². The van der Waals surface area contributed by atoms with E-state index in [0.29, 0.717) is 0 Å². The van der Waals surface area contributed by atoms with Gasteiger partial charge in [-0.2, -0.15) is 0 Å². The zero-order valence-corrected chi connectivity index (χ0v) is 6.43. The van der Waals surface area contributed by atoms with Crippen molar-refractivity contribution in [3.05, 3.63) is 0 Å². The third-order valence-electron chi connectivity index (χ3n) is 1.29. The molecule has 0 fully saturated rings. The Labute approximate surface area is 150 Å². The van der Waals surface area contributed by atoms with Crippen molar-refractivity contribution in [2.45, 2.75) is 18.4 Å². The zero-order valence-electron chi connectivity index (χ0n) is 6.43. The van der Waals surface area contributed by atoms with Crippen LogP contribution in [-0.4, -0.2) is 125 Å². The second-order valence-electron chi connectivity index (χ2n) is 2.48. The summed E-state index contributed by atoms with van der Waals surface area (Å²) in [5.41, 5.74) is -2.74. The van der Waals surface area contributed by atoms with Gasteiger partial charge in [0.2, 0.25) is 0 Å². The van der Waals surface area contributed by atoms with Gasteiger partial charge in [-0.05, 0) is 0 Å². The average molecular weight is 256 g/mol. The Balaban J connectivity index is -0.000000720. The van der Waals surface area contributed by atoms with Crippen LogP contribution in [0.4, 0.5) is 0 Å². The fourth-order valence-corrected chi connectivity index (χ4v) is 0.714. The molecule has 0 aromatic carbocycles. The predicted octanol–water partition coefficient (Wildman–Crippen LogP) is -2.55. The van der Waals surface area contributed by atoms with E-state index in [4.69, 9.17) is 20.4 Å². The third-order valence-corrected chi connectivity index (χ3v) is 1.29. The molecule has 0 unspecified atom stereocenters. The second kappa shape index (κ2) is 9.08. The number of carboxylic acids is 3. The van der Waals surface area contributed by atoms with Gasteiger partial charge in [0.25, 0.3) is 0 Å². The van der Waals surface area contributed by atoms with Crippen LogP contribution in [0.2, 0.25) is 0 Å². The summed E-state index contributed by atoms with van der Waals surface area (Å²) in [4.78, 5) is 30.5. The molecular formula is C6H10KNaO7. The first-order chi connectivity index (χ1) is 5.78. The van der Waals surface area contributed by atoms with Gasteiger partial charge in [-0.15, -0.1) is 0 Å². The fourth-order valence-electron chi connectivity index (χ4n) is 0.714. The van der Waals surface area contributed by atoms with Gasteiger partial charge in [-0.3, -0.25) is 9.59 Å². The van der Waals surface area contributed by atoms with Gasteiger partial charge in [0.1, 0.15) is 0 Å². The summed E-state index contributed by atoms with van der Waals surface area (Å²) in [5, 5.41) is 33.8. The van der Waals surface area contributed by atoms with E-state index >= 15 is 0 Å². The van der Waals surface area contributed by atoms with Crippen LogP contribution in [0.1, 0.15) is 12.8 Å².